The van der Waals surface area contributed by atoms with Crippen molar-refractivity contribution in [3.05, 3.63) is 18.2 Å². The first-order valence-electron chi connectivity index (χ1n) is 10.1. The Morgan fingerprint density at radius 1 is 1.03 bits per heavy atom. The van der Waals surface area contributed by atoms with Crippen molar-refractivity contribution in [3.63, 3.8) is 0 Å². The van der Waals surface area contributed by atoms with Gasteiger partial charge < -0.3 is 37.5 Å². The number of hydrogen-bond acceptors (Lipinski definition) is 7. The van der Waals surface area contributed by atoms with Crippen LogP contribution in [0.3, 0.4) is 0 Å². The first kappa shape index (κ1) is 26.6. The number of nitrogens with two attached hydrogens (primary N) is 2. The summed E-state index contributed by atoms with van der Waals surface area (Å²) in [4.78, 5) is 66.4. The zero-order valence-corrected chi connectivity index (χ0v) is 18.3. The summed E-state index contributed by atoms with van der Waals surface area (Å²) in [6, 6.07) is -4.59. The van der Waals surface area contributed by atoms with Crippen molar-refractivity contribution >= 4 is 29.6 Å². The summed E-state index contributed by atoms with van der Waals surface area (Å²) in [5, 5.41) is 16.7. The molecule has 1 aromatic rings. The number of hydrogen-bond donors (Lipinski definition) is 7. The van der Waals surface area contributed by atoms with Gasteiger partial charge in [0.2, 0.25) is 23.6 Å². The van der Waals surface area contributed by atoms with Gasteiger partial charge >= 0.3 is 5.97 Å². The van der Waals surface area contributed by atoms with Crippen LogP contribution in [-0.4, -0.2) is 68.8 Å². The van der Waals surface area contributed by atoms with Crippen LogP contribution in [0.15, 0.2) is 12.5 Å². The molecule has 32 heavy (non-hydrogen) atoms. The van der Waals surface area contributed by atoms with E-state index >= 15 is 0 Å². The standard InChI is InChI=1S/C19H31N7O6/c1-9(2)4-14(19(31)32)26-18(30)13(5-11-7-22-8-23-11)25-16(28)10(3)24-17(29)12(20)6-15(21)27/h7-10,12-14H,4-6,20H2,1-3H3,(H2,21,27)(H,22,23)(H,24,29)(H,25,28)(H,26,30)(H,31,32). The van der Waals surface area contributed by atoms with Gasteiger partial charge in [0.05, 0.1) is 18.8 Å². The Kier molecular flexibility index (Phi) is 10.3. The molecule has 178 valence electrons. The van der Waals surface area contributed by atoms with E-state index in [1.54, 1.807) is 0 Å². The minimum atomic E-state index is -1.22. The molecule has 0 aliphatic carbocycles. The molecular weight excluding hydrogens is 422 g/mol. The lowest BCUT2D eigenvalue weighted by molar-refractivity contribution is -0.142. The summed E-state index contributed by atoms with van der Waals surface area (Å²) in [7, 11) is 0. The van der Waals surface area contributed by atoms with Crippen molar-refractivity contribution in [2.75, 3.05) is 0 Å². The Bertz CT molecular complexity index is 811. The van der Waals surface area contributed by atoms with Gasteiger partial charge in [-0.05, 0) is 19.3 Å². The van der Waals surface area contributed by atoms with E-state index in [0.29, 0.717) is 5.69 Å². The van der Waals surface area contributed by atoms with Crippen LogP contribution in [0, 0.1) is 5.92 Å². The minimum absolute atomic E-state index is 0.00739. The van der Waals surface area contributed by atoms with E-state index in [1.807, 2.05) is 13.8 Å². The topological polar surface area (TPSA) is 222 Å². The van der Waals surface area contributed by atoms with E-state index in [4.69, 9.17) is 11.5 Å². The fourth-order valence-corrected chi connectivity index (χ4v) is 2.78. The molecule has 4 amide bonds. The van der Waals surface area contributed by atoms with E-state index in [0.717, 1.165) is 0 Å². The lowest BCUT2D eigenvalue weighted by atomic mass is 10.0. The van der Waals surface area contributed by atoms with Crippen LogP contribution in [0.1, 0.15) is 39.3 Å². The summed E-state index contributed by atoms with van der Waals surface area (Å²) >= 11 is 0. The van der Waals surface area contributed by atoms with Crippen molar-refractivity contribution in [1.82, 2.24) is 25.9 Å². The molecule has 1 aromatic heterocycles. The number of aromatic nitrogens is 2. The zero-order chi connectivity index (χ0) is 24.4. The molecule has 0 aliphatic rings. The van der Waals surface area contributed by atoms with Crippen molar-refractivity contribution < 1.29 is 29.1 Å². The maximum Gasteiger partial charge on any atom is 0.326 e. The Labute approximate surface area is 185 Å². The van der Waals surface area contributed by atoms with Gasteiger partial charge in [-0.1, -0.05) is 13.8 Å². The van der Waals surface area contributed by atoms with Crippen LogP contribution >= 0.6 is 0 Å². The minimum Gasteiger partial charge on any atom is -0.480 e. The van der Waals surface area contributed by atoms with Crippen molar-refractivity contribution in [1.29, 1.82) is 0 Å². The number of carbonyl (C=O) groups is 5. The number of aromatic amines is 1. The number of nitrogens with one attached hydrogen (secondary N) is 4. The van der Waals surface area contributed by atoms with Crippen LogP contribution in [0.5, 0.6) is 0 Å². The average Bonchev–Trinajstić information content (AvgIpc) is 3.18. The van der Waals surface area contributed by atoms with Crippen molar-refractivity contribution in [2.45, 2.75) is 64.2 Å². The molecule has 0 saturated carbocycles. The lowest BCUT2D eigenvalue weighted by Gasteiger charge is -2.24. The van der Waals surface area contributed by atoms with E-state index in [-0.39, 0.29) is 18.8 Å². The molecule has 4 atom stereocenters. The smallest absolute Gasteiger partial charge is 0.326 e. The van der Waals surface area contributed by atoms with E-state index < -0.39 is 60.2 Å². The molecule has 13 nitrogen and oxygen atoms in total. The van der Waals surface area contributed by atoms with Gasteiger partial charge in [-0.3, -0.25) is 19.2 Å². The number of primary amides is 1. The highest BCUT2D eigenvalue weighted by atomic mass is 16.4. The summed E-state index contributed by atoms with van der Waals surface area (Å²) in [5.74, 6) is -4.12. The molecule has 0 bridgehead atoms. The Morgan fingerprint density at radius 3 is 2.16 bits per heavy atom. The first-order chi connectivity index (χ1) is 14.9. The molecule has 1 rings (SSSR count). The van der Waals surface area contributed by atoms with Crippen LogP contribution < -0.4 is 27.4 Å². The van der Waals surface area contributed by atoms with E-state index in [1.165, 1.54) is 19.4 Å². The number of carboxylic acids is 1. The molecule has 4 unspecified atom stereocenters. The van der Waals surface area contributed by atoms with E-state index in [9.17, 15) is 29.1 Å². The predicted molar refractivity (Wildman–Crippen MR) is 113 cm³/mol. The molecule has 0 radical (unpaired) electrons. The number of carbonyl (C=O) groups excluding carboxylic acids is 4. The van der Waals surface area contributed by atoms with Crippen molar-refractivity contribution in [3.8, 4) is 0 Å². The van der Waals surface area contributed by atoms with Gasteiger partial charge in [0, 0.05) is 18.3 Å². The van der Waals surface area contributed by atoms with E-state index in [2.05, 4.69) is 25.9 Å². The maximum atomic E-state index is 12.8. The highest BCUT2D eigenvalue weighted by molar-refractivity contribution is 5.94. The molecule has 1 heterocycles. The number of amides is 4. The van der Waals surface area contributed by atoms with Gasteiger partial charge in [-0.2, -0.15) is 0 Å². The first-order valence-corrected chi connectivity index (χ1v) is 10.1. The monoisotopic (exact) mass is 453 g/mol. The summed E-state index contributed by atoms with van der Waals surface area (Å²) in [5.41, 5.74) is 11.1. The third-order valence-corrected chi connectivity index (χ3v) is 4.44. The Hall–Kier alpha value is -3.48. The lowest BCUT2D eigenvalue weighted by Crippen LogP contribution is -2.57. The molecule has 0 fully saturated rings. The quantitative estimate of drug-likeness (QED) is 0.172. The van der Waals surface area contributed by atoms with Crippen LogP contribution in [0.25, 0.3) is 0 Å². The normalized spacial score (nSPS) is 14.7. The molecule has 9 N–H and O–H groups in total. The number of carboxylic acid groups (broad SMARTS) is 1. The molecule has 0 saturated heterocycles. The van der Waals surface area contributed by atoms with Gasteiger partial charge in [0.1, 0.15) is 18.1 Å². The second-order valence-electron chi connectivity index (χ2n) is 7.88. The molecular formula is C19H31N7O6. The van der Waals surface area contributed by atoms with Gasteiger partial charge in [-0.25, -0.2) is 9.78 Å². The van der Waals surface area contributed by atoms with Gasteiger partial charge in [0.25, 0.3) is 0 Å². The highest BCUT2D eigenvalue weighted by Crippen LogP contribution is 2.07. The zero-order valence-electron chi connectivity index (χ0n) is 18.3. The summed E-state index contributed by atoms with van der Waals surface area (Å²) < 4.78 is 0. The van der Waals surface area contributed by atoms with Crippen LogP contribution in [0.4, 0.5) is 0 Å². The highest BCUT2D eigenvalue weighted by Gasteiger charge is 2.29. The molecule has 0 spiro atoms. The summed E-state index contributed by atoms with van der Waals surface area (Å²) in [6.07, 6.45) is 2.68. The number of rotatable bonds is 13. The number of H-pyrrole nitrogens is 1. The molecule has 0 aliphatic heterocycles. The molecule has 0 aromatic carbocycles. The van der Waals surface area contributed by atoms with Crippen molar-refractivity contribution in [2.24, 2.45) is 17.4 Å². The third-order valence-electron chi connectivity index (χ3n) is 4.44. The second kappa shape index (κ2) is 12.4. The summed E-state index contributed by atoms with van der Waals surface area (Å²) in [6.45, 7) is 5.01. The SMILES string of the molecule is CC(C)CC(NC(=O)C(Cc1cnc[nH]1)NC(=O)C(C)NC(=O)C(N)CC(N)=O)C(=O)O. The third kappa shape index (κ3) is 9.12. The van der Waals surface area contributed by atoms with Gasteiger partial charge in [-0.15, -0.1) is 0 Å². The Morgan fingerprint density at radius 2 is 1.66 bits per heavy atom. The second-order valence-corrected chi connectivity index (χ2v) is 7.88. The predicted octanol–water partition coefficient (Wildman–Crippen LogP) is -2.24. The van der Waals surface area contributed by atoms with Gasteiger partial charge in [0.15, 0.2) is 0 Å². The molecule has 13 heteroatoms. The fraction of sp³-hybridized carbons (Fsp3) is 0.579. The Balaban J connectivity index is 2.88. The number of aliphatic carboxylic acids is 1. The van der Waals surface area contributed by atoms with Crippen LogP contribution in [-0.2, 0) is 30.4 Å². The number of nitrogens with zero attached hydrogens (tertiary/aromatic N) is 1. The van der Waals surface area contributed by atoms with Crippen LogP contribution in [0.2, 0.25) is 0 Å². The maximum absolute atomic E-state index is 12.8. The number of imidazole rings is 1. The fourth-order valence-electron chi connectivity index (χ4n) is 2.78. The largest absolute Gasteiger partial charge is 0.480 e. The average molecular weight is 454 g/mol.